The van der Waals surface area contributed by atoms with Gasteiger partial charge in [-0.2, -0.15) is 0 Å². The highest BCUT2D eigenvalue weighted by atomic mass is 16.7. The minimum atomic E-state index is -0.300. The molecule has 0 saturated carbocycles. The molecule has 0 spiro atoms. The molecule has 1 aliphatic rings. The lowest BCUT2D eigenvalue weighted by atomic mass is 10.1. The van der Waals surface area contributed by atoms with Crippen molar-refractivity contribution >= 4 is 11.9 Å². The van der Waals surface area contributed by atoms with Gasteiger partial charge >= 0.3 is 5.97 Å². The number of esters is 1. The van der Waals surface area contributed by atoms with Gasteiger partial charge < -0.3 is 24.0 Å². The smallest absolute Gasteiger partial charge is 0.307 e. The third-order valence-electron chi connectivity index (χ3n) is 3.62. The first-order valence-electron chi connectivity index (χ1n) is 8.00. The number of amides is 1. The number of nitrogens with zero attached hydrogens (tertiary/aromatic N) is 2. The highest BCUT2D eigenvalue weighted by molar-refractivity contribution is 5.95. The van der Waals surface area contributed by atoms with Gasteiger partial charge in [0.05, 0.1) is 13.0 Å². The van der Waals surface area contributed by atoms with Gasteiger partial charge in [0.25, 0.3) is 5.91 Å². The molecule has 1 heterocycles. The van der Waals surface area contributed by atoms with Crippen molar-refractivity contribution in [2.45, 2.75) is 13.3 Å². The largest absolute Gasteiger partial charge is 0.466 e. The Balaban J connectivity index is 2.06. The topological polar surface area (TPSA) is 68.3 Å². The Bertz CT molecular complexity index is 588. The summed E-state index contributed by atoms with van der Waals surface area (Å²) < 4.78 is 15.5. The molecule has 0 aromatic heterocycles. The number of ether oxygens (including phenoxy) is 3. The number of carbonyl (C=O) groups is 2. The summed E-state index contributed by atoms with van der Waals surface area (Å²) in [5.74, 6) is 0.766. The normalized spacial score (nSPS) is 12.3. The second-order valence-electron chi connectivity index (χ2n) is 5.72. The van der Waals surface area contributed by atoms with Crippen LogP contribution in [0.2, 0.25) is 0 Å². The summed E-state index contributed by atoms with van der Waals surface area (Å²) in [5.41, 5.74) is 0.516. The molecule has 0 aliphatic carbocycles. The number of carbonyl (C=O) groups excluding carboxylic acids is 2. The van der Waals surface area contributed by atoms with Crippen LogP contribution in [-0.4, -0.2) is 68.8 Å². The lowest BCUT2D eigenvalue weighted by Crippen LogP contribution is -2.38. The van der Waals surface area contributed by atoms with Crippen LogP contribution in [0.5, 0.6) is 11.5 Å². The Morgan fingerprint density at radius 2 is 1.88 bits per heavy atom. The number of benzene rings is 1. The van der Waals surface area contributed by atoms with E-state index in [0.29, 0.717) is 43.3 Å². The van der Waals surface area contributed by atoms with E-state index in [4.69, 9.17) is 14.2 Å². The summed E-state index contributed by atoms with van der Waals surface area (Å²) in [4.78, 5) is 28.0. The fraction of sp³-hybridized carbons (Fsp3) is 0.529. The minimum absolute atomic E-state index is 0.139. The van der Waals surface area contributed by atoms with Gasteiger partial charge in [-0.15, -0.1) is 0 Å². The van der Waals surface area contributed by atoms with Crippen molar-refractivity contribution in [1.29, 1.82) is 0 Å². The molecule has 1 aromatic rings. The van der Waals surface area contributed by atoms with E-state index in [0.717, 1.165) is 0 Å². The van der Waals surface area contributed by atoms with Crippen LogP contribution in [0.25, 0.3) is 0 Å². The maximum absolute atomic E-state index is 12.8. The maximum Gasteiger partial charge on any atom is 0.307 e. The zero-order valence-electron chi connectivity index (χ0n) is 14.4. The van der Waals surface area contributed by atoms with E-state index in [1.807, 2.05) is 19.0 Å². The number of hydrogen-bond donors (Lipinski definition) is 0. The van der Waals surface area contributed by atoms with Gasteiger partial charge in [0.15, 0.2) is 11.5 Å². The molecule has 2 rings (SSSR count). The second-order valence-corrected chi connectivity index (χ2v) is 5.72. The van der Waals surface area contributed by atoms with Crippen LogP contribution in [0.4, 0.5) is 0 Å². The van der Waals surface area contributed by atoms with Crippen LogP contribution in [0.3, 0.4) is 0 Å². The lowest BCUT2D eigenvalue weighted by Gasteiger charge is -2.24. The summed E-state index contributed by atoms with van der Waals surface area (Å²) in [5, 5.41) is 0. The lowest BCUT2D eigenvalue weighted by molar-refractivity contribution is -0.143. The first kappa shape index (κ1) is 18.1. The van der Waals surface area contributed by atoms with E-state index in [2.05, 4.69) is 0 Å². The molecule has 1 amide bonds. The quantitative estimate of drug-likeness (QED) is 0.668. The van der Waals surface area contributed by atoms with Gasteiger partial charge in [-0.1, -0.05) is 0 Å². The summed E-state index contributed by atoms with van der Waals surface area (Å²) in [7, 11) is 3.88. The zero-order chi connectivity index (χ0) is 17.5. The fourth-order valence-electron chi connectivity index (χ4n) is 2.31. The predicted octanol–water partition coefficient (Wildman–Crippen LogP) is 1.37. The first-order valence-corrected chi connectivity index (χ1v) is 8.00. The van der Waals surface area contributed by atoms with Crippen molar-refractivity contribution in [3.8, 4) is 11.5 Å². The molecular formula is C17H24N2O5. The van der Waals surface area contributed by atoms with Crippen molar-refractivity contribution in [3.63, 3.8) is 0 Å². The van der Waals surface area contributed by atoms with Crippen LogP contribution in [-0.2, 0) is 9.53 Å². The Labute approximate surface area is 142 Å². The summed E-state index contributed by atoms with van der Waals surface area (Å²) in [6, 6.07) is 5.12. The molecule has 0 fully saturated rings. The van der Waals surface area contributed by atoms with Crippen molar-refractivity contribution < 1.29 is 23.8 Å². The molecule has 1 aromatic carbocycles. The van der Waals surface area contributed by atoms with E-state index in [-0.39, 0.29) is 25.1 Å². The Morgan fingerprint density at radius 1 is 1.12 bits per heavy atom. The molecule has 0 atom stereocenters. The Kier molecular flexibility index (Phi) is 6.43. The predicted molar refractivity (Wildman–Crippen MR) is 88.3 cm³/mol. The second kappa shape index (κ2) is 8.54. The molecule has 24 heavy (non-hydrogen) atoms. The van der Waals surface area contributed by atoms with Gasteiger partial charge in [-0.3, -0.25) is 9.59 Å². The average molecular weight is 336 g/mol. The molecule has 132 valence electrons. The van der Waals surface area contributed by atoms with Crippen LogP contribution < -0.4 is 9.47 Å². The fourth-order valence-corrected chi connectivity index (χ4v) is 2.31. The Hall–Kier alpha value is -2.28. The average Bonchev–Trinajstić information content (AvgIpc) is 3.02. The number of rotatable bonds is 8. The first-order chi connectivity index (χ1) is 11.5. The van der Waals surface area contributed by atoms with Gasteiger partial charge in [0, 0.05) is 25.2 Å². The molecule has 1 aliphatic heterocycles. The molecule has 7 heteroatoms. The van der Waals surface area contributed by atoms with Crippen molar-refractivity contribution in [2.75, 3.05) is 47.1 Å². The van der Waals surface area contributed by atoms with Gasteiger partial charge in [-0.05, 0) is 39.2 Å². The zero-order valence-corrected chi connectivity index (χ0v) is 14.4. The van der Waals surface area contributed by atoms with Crippen molar-refractivity contribution in [3.05, 3.63) is 23.8 Å². The van der Waals surface area contributed by atoms with E-state index in [9.17, 15) is 9.59 Å². The number of hydrogen-bond acceptors (Lipinski definition) is 6. The van der Waals surface area contributed by atoms with E-state index < -0.39 is 0 Å². The summed E-state index contributed by atoms with van der Waals surface area (Å²) in [6.45, 7) is 3.82. The van der Waals surface area contributed by atoms with Crippen molar-refractivity contribution in [2.24, 2.45) is 0 Å². The molecule has 0 saturated heterocycles. The molecule has 0 N–H and O–H groups in total. The third-order valence-corrected chi connectivity index (χ3v) is 3.62. The van der Waals surface area contributed by atoms with E-state index in [1.165, 1.54) is 0 Å². The van der Waals surface area contributed by atoms with Crippen LogP contribution in [0.1, 0.15) is 23.7 Å². The van der Waals surface area contributed by atoms with Gasteiger partial charge in [0.2, 0.25) is 6.79 Å². The van der Waals surface area contributed by atoms with E-state index >= 15 is 0 Å². The molecule has 0 unspecified atom stereocenters. The van der Waals surface area contributed by atoms with Crippen LogP contribution in [0, 0.1) is 0 Å². The van der Waals surface area contributed by atoms with Crippen LogP contribution >= 0.6 is 0 Å². The van der Waals surface area contributed by atoms with Crippen LogP contribution in [0.15, 0.2) is 18.2 Å². The molecule has 7 nitrogen and oxygen atoms in total. The van der Waals surface area contributed by atoms with Gasteiger partial charge in [0.1, 0.15) is 0 Å². The van der Waals surface area contributed by atoms with Crippen molar-refractivity contribution in [1.82, 2.24) is 9.80 Å². The van der Waals surface area contributed by atoms with E-state index in [1.54, 1.807) is 30.0 Å². The number of fused-ring (bicyclic) bond motifs is 1. The Morgan fingerprint density at radius 3 is 2.58 bits per heavy atom. The SMILES string of the molecule is CCOC(=O)CCN(CCN(C)C)C(=O)c1ccc2c(c1)OCO2. The summed E-state index contributed by atoms with van der Waals surface area (Å²) >= 11 is 0. The highest BCUT2D eigenvalue weighted by Crippen LogP contribution is 2.32. The van der Waals surface area contributed by atoms with Gasteiger partial charge in [-0.25, -0.2) is 0 Å². The third kappa shape index (κ3) is 4.86. The molecular weight excluding hydrogens is 312 g/mol. The monoisotopic (exact) mass is 336 g/mol. The molecule has 0 radical (unpaired) electrons. The number of likely N-dealkylation sites (N-methyl/N-ethyl adjacent to an activating group) is 1. The maximum atomic E-state index is 12.8. The minimum Gasteiger partial charge on any atom is -0.466 e. The highest BCUT2D eigenvalue weighted by Gasteiger charge is 2.21. The summed E-state index contributed by atoms with van der Waals surface area (Å²) in [6.07, 6.45) is 0.178. The standard InChI is InChI=1S/C17H24N2O5/c1-4-22-16(20)7-8-19(10-9-18(2)3)17(21)13-5-6-14-15(11-13)24-12-23-14/h5-6,11H,4,7-10,12H2,1-3H3. The molecule has 0 bridgehead atoms.